The average molecular weight is 411 g/mol. The van der Waals surface area contributed by atoms with Crippen LogP contribution in [0.3, 0.4) is 0 Å². The molecule has 3 aromatic rings. The molecule has 1 aromatic carbocycles. The summed E-state index contributed by atoms with van der Waals surface area (Å²) in [5.41, 5.74) is 1.20. The number of nitrogens with zero attached hydrogens (tertiary/aromatic N) is 2. The minimum atomic E-state index is -0.575. The topological polar surface area (TPSA) is 76.0 Å². The van der Waals surface area contributed by atoms with Crippen LogP contribution in [-0.2, 0) is 17.8 Å². The lowest BCUT2D eigenvalue weighted by Gasteiger charge is -2.21. The van der Waals surface area contributed by atoms with Gasteiger partial charge in [0.15, 0.2) is 0 Å². The molecule has 0 fully saturated rings. The second-order valence-corrected chi connectivity index (χ2v) is 8.12. The van der Waals surface area contributed by atoms with Crippen LogP contribution in [0.4, 0.5) is 0 Å². The van der Waals surface area contributed by atoms with Crippen molar-refractivity contribution in [2.45, 2.75) is 32.9 Å². The van der Waals surface area contributed by atoms with Crippen LogP contribution < -0.4 is 10.6 Å². The van der Waals surface area contributed by atoms with E-state index in [1.165, 1.54) is 16.9 Å². The first-order valence-electron chi connectivity index (χ1n) is 9.70. The number of aromatic nitrogens is 2. The normalized spacial score (nSPS) is 12.0. The Morgan fingerprint density at radius 3 is 2.62 bits per heavy atom. The van der Waals surface area contributed by atoms with E-state index in [1.807, 2.05) is 49.7 Å². The molecule has 2 N–H and O–H groups in total. The molecule has 0 bridgehead atoms. The van der Waals surface area contributed by atoms with Gasteiger partial charge in [0.2, 0.25) is 5.91 Å². The summed E-state index contributed by atoms with van der Waals surface area (Å²) < 4.78 is 2.08. The van der Waals surface area contributed by atoms with E-state index in [0.29, 0.717) is 17.8 Å². The van der Waals surface area contributed by atoms with Crippen LogP contribution >= 0.6 is 11.3 Å². The fraction of sp³-hybridized carbons (Fsp3) is 0.318. The van der Waals surface area contributed by atoms with Crippen molar-refractivity contribution in [2.75, 3.05) is 6.54 Å². The van der Waals surface area contributed by atoms with Crippen LogP contribution in [-0.4, -0.2) is 34.0 Å². The fourth-order valence-corrected chi connectivity index (χ4v) is 3.68. The zero-order valence-corrected chi connectivity index (χ0v) is 17.5. The average Bonchev–Trinajstić information content (AvgIpc) is 3.39. The molecular formula is C22H26N4O2S. The summed E-state index contributed by atoms with van der Waals surface area (Å²) in [6.07, 6.45) is 4.34. The molecule has 2 heterocycles. The van der Waals surface area contributed by atoms with E-state index in [9.17, 15) is 9.59 Å². The standard InChI is InChI=1S/C22H26N4O2S/c1-16(2)20(25-21(27)18-9-6-14-29-18)22(28)24-11-10-19-23-12-13-26(19)15-17-7-4-3-5-8-17/h3-9,12-14,16,20H,10-11,15H2,1-2H3,(H,24,28)(H,25,27). The number of rotatable bonds is 9. The highest BCUT2D eigenvalue weighted by molar-refractivity contribution is 7.12. The van der Waals surface area contributed by atoms with Gasteiger partial charge >= 0.3 is 0 Å². The number of benzene rings is 1. The van der Waals surface area contributed by atoms with E-state index >= 15 is 0 Å². The van der Waals surface area contributed by atoms with Crippen molar-refractivity contribution in [3.63, 3.8) is 0 Å². The first kappa shape index (κ1) is 20.8. The Morgan fingerprint density at radius 1 is 1.14 bits per heavy atom. The molecular weight excluding hydrogens is 384 g/mol. The van der Waals surface area contributed by atoms with Crippen molar-refractivity contribution in [2.24, 2.45) is 5.92 Å². The highest BCUT2D eigenvalue weighted by Crippen LogP contribution is 2.10. The maximum absolute atomic E-state index is 12.6. The lowest BCUT2D eigenvalue weighted by molar-refractivity contribution is -0.123. The second-order valence-electron chi connectivity index (χ2n) is 7.17. The van der Waals surface area contributed by atoms with Gasteiger partial charge in [-0.15, -0.1) is 11.3 Å². The second kappa shape index (κ2) is 10.0. The minimum absolute atomic E-state index is 0.0148. The van der Waals surface area contributed by atoms with Gasteiger partial charge in [0.1, 0.15) is 11.9 Å². The largest absolute Gasteiger partial charge is 0.354 e. The Kier molecular flexibility index (Phi) is 7.19. The predicted octanol–water partition coefficient (Wildman–Crippen LogP) is 3.11. The summed E-state index contributed by atoms with van der Waals surface area (Å²) >= 11 is 1.36. The van der Waals surface area contributed by atoms with Crippen molar-refractivity contribution in [1.29, 1.82) is 0 Å². The number of amides is 2. The molecule has 6 nitrogen and oxygen atoms in total. The van der Waals surface area contributed by atoms with E-state index in [-0.39, 0.29) is 17.7 Å². The van der Waals surface area contributed by atoms with Crippen LogP contribution in [0.15, 0.2) is 60.2 Å². The van der Waals surface area contributed by atoms with Crippen LogP contribution in [0.5, 0.6) is 0 Å². The molecule has 1 unspecified atom stereocenters. The fourth-order valence-electron chi connectivity index (χ4n) is 3.05. The lowest BCUT2D eigenvalue weighted by Crippen LogP contribution is -2.50. The molecule has 0 aliphatic carbocycles. The number of hydrogen-bond acceptors (Lipinski definition) is 4. The molecule has 2 amide bonds. The van der Waals surface area contributed by atoms with Crippen molar-refractivity contribution in [3.8, 4) is 0 Å². The molecule has 2 aromatic heterocycles. The summed E-state index contributed by atoms with van der Waals surface area (Å²) in [6, 6.07) is 13.2. The Hall–Kier alpha value is -2.93. The molecule has 29 heavy (non-hydrogen) atoms. The maximum Gasteiger partial charge on any atom is 0.262 e. The molecule has 1 atom stereocenters. The third-order valence-electron chi connectivity index (χ3n) is 4.63. The molecule has 0 saturated heterocycles. The van der Waals surface area contributed by atoms with E-state index in [2.05, 4.69) is 32.3 Å². The van der Waals surface area contributed by atoms with Crippen LogP contribution in [0.1, 0.15) is 34.9 Å². The van der Waals surface area contributed by atoms with E-state index in [1.54, 1.807) is 12.3 Å². The summed E-state index contributed by atoms with van der Waals surface area (Å²) in [6.45, 7) is 5.05. The zero-order chi connectivity index (χ0) is 20.6. The molecule has 0 spiro atoms. The first-order chi connectivity index (χ1) is 14.0. The van der Waals surface area contributed by atoms with Gasteiger partial charge in [-0.25, -0.2) is 4.98 Å². The third-order valence-corrected chi connectivity index (χ3v) is 5.49. The van der Waals surface area contributed by atoms with E-state index in [4.69, 9.17) is 0 Å². The molecule has 3 rings (SSSR count). The molecule has 0 radical (unpaired) electrons. The number of nitrogens with one attached hydrogen (secondary N) is 2. The maximum atomic E-state index is 12.6. The van der Waals surface area contributed by atoms with Gasteiger partial charge in [-0.05, 0) is 22.9 Å². The summed E-state index contributed by atoms with van der Waals surface area (Å²) in [5, 5.41) is 7.63. The van der Waals surface area contributed by atoms with Crippen LogP contribution in [0, 0.1) is 5.92 Å². The highest BCUT2D eigenvalue weighted by Gasteiger charge is 2.24. The molecule has 152 valence electrons. The monoisotopic (exact) mass is 410 g/mol. The van der Waals surface area contributed by atoms with Gasteiger partial charge < -0.3 is 15.2 Å². The Labute approximate surface area is 175 Å². The number of thiophene rings is 1. The highest BCUT2D eigenvalue weighted by atomic mass is 32.1. The summed E-state index contributed by atoms with van der Waals surface area (Å²) in [5.74, 6) is 0.509. The van der Waals surface area contributed by atoms with Crippen molar-refractivity contribution in [1.82, 2.24) is 20.2 Å². The van der Waals surface area contributed by atoms with Crippen LogP contribution in [0.2, 0.25) is 0 Å². The smallest absolute Gasteiger partial charge is 0.262 e. The van der Waals surface area contributed by atoms with Crippen molar-refractivity contribution >= 4 is 23.2 Å². The number of carbonyl (C=O) groups excluding carboxylic acids is 2. The summed E-state index contributed by atoms with van der Waals surface area (Å²) in [4.78, 5) is 30.0. The van der Waals surface area contributed by atoms with Gasteiger partial charge in [-0.1, -0.05) is 50.2 Å². The van der Waals surface area contributed by atoms with Gasteiger partial charge in [-0.2, -0.15) is 0 Å². The summed E-state index contributed by atoms with van der Waals surface area (Å²) in [7, 11) is 0. The minimum Gasteiger partial charge on any atom is -0.354 e. The van der Waals surface area contributed by atoms with E-state index < -0.39 is 6.04 Å². The number of hydrogen-bond donors (Lipinski definition) is 2. The Balaban J connectivity index is 1.53. The number of imidazole rings is 1. The predicted molar refractivity (Wildman–Crippen MR) is 115 cm³/mol. The lowest BCUT2D eigenvalue weighted by atomic mass is 10.0. The molecule has 0 aliphatic rings. The molecule has 0 saturated carbocycles. The molecule has 7 heteroatoms. The Morgan fingerprint density at radius 2 is 1.93 bits per heavy atom. The van der Waals surface area contributed by atoms with Crippen LogP contribution in [0.25, 0.3) is 0 Å². The molecule has 0 aliphatic heterocycles. The SMILES string of the molecule is CC(C)C(NC(=O)c1cccs1)C(=O)NCCc1nccn1Cc1ccccc1. The zero-order valence-electron chi connectivity index (χ0n) is 16.7. The van der Waals surface area contributed by atoms with Gasteiger partial charge in [0.05, 0.1) is 4.88 Å². The quantitative estimate of drug-likeness (QED) is 0.569. The third kappa shape index (κ3) is 5.77. The Bertz CT molecular complexity index is 919. The van der Waals surface area contributed by atoms with Crippen molar-refractivity contribution < 1.29 is 9.59 Å². The van der Waals surface area contributed by atoms with Gasteiger partial charge in [0, 0.05) is 31.9 Å². The van der Waals surface area contributed by atoms with E-state index in [0.717, 1.165) is 12.4 Å². The number of carbonyl (C=O) groups is 2. The van der Waals surface area contributed by atoms with Gasteiger partial charge in [0.25, 0.3) is 5.91 Å². The first-order valence-corrected chi connectivity index (χ1v) is 10.6. The van der Waals surface area contributed by atoms with Gasteiger partial charge in [-0.3, -0.25) is 9.59 Å². The van der Waals surface area contributed by atoms with Crippen molar-refractivity contribution in [3.05, 3.63) is 76.5 Å².